The third-order valence-electron chi connectivity index (χ3n) is 3.68. The van der Waals surface area contributed by atoms with Crippen molar-refractivity contribution in [2.45, 2.75) is 45.3 Å². The fraction of sp³-hybridized carbons (Fsp3) is 1.00. The molecule has 2 saturated heterocycles. The number of hydrogen-bond acceptors (Lipinski definition) is 2. The van der Waals surface area contributed by atoms with Crippen LogP contribution in [0, 0.1) is 5.92 Å². The van der Waals surface area contributed by atoms with Gasteiger partial charge in [-0.1, -0.05) is 6.92 Å². The Labute approximate surface area is 81.3 Å². The Morgan fingerprint density at radius 2 is 2.23 bits per heavy atom. The van der Waals surface area contributed by atoms with Gasteiger partial charge in [0.05, 0.1) is 6.10 Å². The second kappa shape index (κ2) is 3.97. The summed E-state index contributed by atoms with van der Waals surface area (Å²) in [6.07, 6.45) is 4.38. The van der Waals surface area contributed by atoms with Gasteiger partial charge in [-0.25, -0.2) is 0 Å². The minimum atomic E-state index is 0.572. The van der Waals surface area contributed by atoms with Gasteiger partial charge < -0.3 is 4.74 Å². The Bertz CT molecular complexity index is 165. The molecule has 0 saturated carbocycles. The highest BCUT2D eigenvalue weighted by Gasteiger charge is 2.31. The average molecular weight is 183 g/mol. The predicted octanol–water partition coefficient (Wildman–Crippen LogP) is 1.90. The minimum absolute atomic E-state index is 0.572. The van der Waals surface area contributed by atoms with Crippen LogP contribution in [0.2, 0.25) is 0 Å². The van der Waals surface area contributed by atoms with Crippen LogP contribution in [0.5, 0.6) is 0 Å². The van der Waals surface area contributed by atoms with Crippen molar-refractivity contribution in [2.24, 2.45) is 5.92 Å². The lowest BCUT2D eigenvalue weighted by Gasteiger charge is -2.45. The first kappa shape index (κ1) is 9.47. The molecule has 76 valence electrons. The molecule has 0 radical (unpaired) electrons. The van der Waals surface area contributed by atoms with Crippen LogP contribution < -0.4 is 0 Å². The van der Waals surface area contributed by atoms with Gasteiger partial charge in [0.1, 0.15) is 0 Å². The van der Waals surface area contributed by atoms with Crippen LogP contribution in [0.4, 0.5) is 0 Å². The van der Waals surface area contributed by atoms with Crippen LogP contribution in [0.1, 0.15) is 33.1 Å². The van der Waals surface area contributed by atoms with Gasteiger partial charge in [0, 0.05) is 25.7 Å². The Morgan fingerprint density at radius 3 is 2.77 bits per heavy atom. The number of hydrogen-bond donors (Lipinski definition) is 0. The molecule has 2 heteroatoms. The van der Waals surface area contributed by atoms with Crippen molar-refractivity contribution in [1.29, 1.82) is 0 Å². The number of likely N-dealkylation sites (tertiary alicyclic amines) is 1. The number of rotatable bonds is 3. The Morgan fingerprint density at radius 1 is 1.38 bits per heavy atom. The van der Waals surface area contributed by atoms with Crippen molar-refractivity contribution in [1.82, 2.24) is 4.90 Å². The van der Waals surface area contributed by atoms with Gasteiger partial charge in [0.25, 0.3) is 0 Å². The van der Waals surface area contributed by atoms with Crippen LogP contribution >= 0.6 is 0 Å². The van der Waals surface area contributed by atoms with Crippen molar-refractivity contribution in [2.75, 3.05) is 19.7 Å². The zero-order valence-corrected chi connectivity index (χ0v) is 8.83. The van der Waals surface area contributed by atoms with Crippen LogP contribution in [0.3, 0.4) is 0 Å². The molecular formula is C11H21NO. The first-order valence-electron chi connectivity index (χ1n) is 5.63. The van der Waals surface area contributed by atoms with Crippen LogP contribution in [0.15, 0.2) is 0 Å². The largest absolute Gasteiger partial charge is 0.378 e. The van der Waals surface area contributed by atoms with E-state index in [1.54, 1.807) is 0 Å². The third-order valence-corrected chi connectivity index (χ3v) is 3.68. The SMILES string of the molecule is CC1CN(CCC2CCCO2)C1C. The van der Waals surface area contributed by atoms with Crippen molar-refractivity contribution in [3.05, 3.63) is 0 Å². The molecule has 3 unspecified atom stereocenters. The summed E-state index contributed by atoms with van der Waals surface area (Å²) in [5.41, 5.74) is 0. The Hall–Kier alpha value is -0.0800. The van der Waals surface area contributed by atoms with E-state index in [2.05, 4.69) is 18.7 Å². The highest BCUT2D eigenvalue weighted by molar-refractivity contribution is 4.86. The molecule has 2 aliphatic heterocycles. The van der Waals surface area contributed by atoms with E-state index < -0.39 is 0 Å². The molecule has 0 aromatic carbocycles. The van der Waals surface area contributed by atoms with Crippen LogP contribution in [-0.2, 0) is 4.74 Å². The normalized spacial score (nSPS) is 40.6. The number of nitrogens with zero attached hydrogens (tertiary/aromatic N) is 1. The van der Waals surface area contributed by atoms with E-state index in [1.807, 2.05) is 0 Å². The lowest BCUT2D eigenvalue weighted by molar-refractivity contribution is 0.0179. The summed E-state index contributed by atoms with van der Waals surface area (Å²) in [6, 6.07) is 0.807. The molecule has 13 heavy (non-hydrogen) atoms. The summed E-state index contributed by atoms with van der Waals surface area (Å²) >= 11 is 0. The van der Waals surface area contributed by atoms with Gasteiger partial charge in [0.15, 0.2) is 0 Å². The zero-order chi connectivity index (χ0) is 9.26. The smallest absolute Gasteiger partial charge is 0.0588 e. The average Bonchev–Trinajstić information content (AvgIpc) is 2.64. The highest BCUT2D eigenvalue weighted by Crippen LogP contribution is 2.25. The molecule has 2 aliphatic rings. The van der Waals surface area contributed by atoms with Crippen molar-refractivity contribution >= 4 is 0 Å². The molecule has 0 spiro atoms. The molecule has 2 fully saturated rings. The van der Waals surface area contributed by atoms with Crippen molar-refractivity contribution < 1.29 is 4.74 Å². The summed E-state index contributed by atoms with van der Waals surface area (Å²) in [6.45, 7) is 8.22. The van der Waals surface area contributed by atoms with E-state index in [-0.39, 0.29) is 0 Å². The monoisotopic (exact) mass is 183 g/mol. The predicted molar refractivity (Wildman–Crippen MR) is 53.8 cm³/mol. The van der Waals surface area contributed by atoms with Crippen molar-refractivity contribution in [3.8, 4) is 0 Å². The summed E-state index contributed by atoms with van der Waals surface area (Å²) < 4.78 is 5.61. The van der Waals surface area contributed by atoms with Crippen molar-refractivity contribution in [3.63, 3.8) is 0 Å². The first-order chi connectivity index (χ1) is 6.27. The second-order valence-corrected chi connectivity index (χ2v) is 4.64. The van der Waals surface area contributed by atoms with Gasteiger partial charge >= 0.3 is 0 Å². The summed E-state index contributed by atoms with van der Waals surface area (Å²) in [5.74, 6) is 0.907. The van der Waals surface area contributed by atoms with Crippen LogP contribution in [-0.4, -0.2) is 36.7 Å². The molecular weight excluding hydrogens is 162 g/mol. The maximum atomic E-state index is 5.61. The van der Waals surface area contributed by atoms with Gasteiger partial charge in [-0.05, 0) is 32.1 Å². The zero-order valence-electron chi connectivity index (χ0n) is 8.83. The minimum Gasteiger partial charge on any atom is -0.378 e. The third kappa shape index (κ3) is 2.05. The van der Waals surface area contributed by atoms with E-state index in [9.17, 15) is 0 Å². The summed E-state index contributed by atoms with van der Waals surface area (Å²) in [4.78, 5) is 2.58. The molecule has 0 aliphatic carbocycles. The Balaban J connectivity index is 1.63. The van der Waals surface area contributed by atoms with Gasteiger partial charge in [-0.2, -0.15) is 0 Å². The molecule has 0 amide bonds. The fourth-order valence-electron chi connectivity index (χ4n) is 2.39. The number of ether oxygens (including phenoxy) is 1. The topological polar surface area (TPSA) is 12.5 Å². The van der Waals surface area contributed by atoms with Gasteiger partial charge in [-0.15, -0.1) is 0 Å². The summed E-state index contributed by atoms with van der Waals surface area (Å²) in [5, 5.41) is 0. The molecule has 0 aromatic rings. The first-order valence-corrected chi connectivity index (χ1v) is 5.63. The van der Waals surface area contributed by atoms with E-state index in [1.165, 1.54) is 32.4 Å². The van der Waals surface area contributed by atoms with E-state index in [0.29, 0.717) is 6.10 Å². The lowest BCUT2D eigenvalue weighted by Crippen LogP contribution is -2.53. The van der Waals surface area contributed by atoms with E-state index in [4.69, 9.17) is 4.74 Å². The van der Waals surface area contributed by atoms with E-state index >= 15 is 0 Å². The molecule has 2 nitrogen and oxygen atoms in total. The van der Waals surface area contributed by atoms with E-state index in [0.717, 1.165) is 18.6 Å². The molecule has 0 bridgehead atoms. The Kier molecular flexibility index (Phi) is 2.89. The summed E-state index contributed by atoms with van der Waals surface area (Å²) in [7, 11) is 0. The maximum absolute atomic E-state index is 5.61. The molecule has 3 atom stereocenters. The quantitative estimate of drug-likeness (QED) is 0.662. The molecule has 2 rings (SSSR count). The molecule has 0 N–H and O–H groups in total. The van der Waals surface area contributed by atoms with Gasteiger partial charge in [-0.3, -0.25) is 4.90 Å². The van der Waals surface area contributed by atoms with Gasteiger partial charge in [0.2, 0.25) is 0 Å². The maximum Gasteiger partial charge on any atom is 0.0588 e. The fourth-order valence-corrected chi connectivity index (χ4v) is 2.39. The van der Waals surface area contributed by atoms with Crippen LogP contribution in [0.25, 0.3) is 0 Å². The molecule has 2 heterocycles. The lowest BCUT2D eigenvalue weighted by atomic mass is 9.91. The molecule has 0 aromatic heterocycles. The second-order valence-electron chi connectivity index (χ2n) is 4.64. The standard InChI is InChI=1S/C11H21NO/c1-9-8-12(10(9)2)6-5-11-4-3-7-13-11/h9-11H,3-8H2,1-2H3. The highest BCUT2D eigenvalue weighted by atomic mass is 16.5.